The lowest BCUT2D eigenvalue weighted by Gasteiger charge is -2.19. The summed E-state index contributed by atoms with van der Waals surface area (Å²) in [5.74, 6) is 0.471. The second-order valence-electron chi connectivity index (χ2n) is 8.46. The first-order valence-corrected chi connectivity index (χ1v) is 12.4. The summed E-state index contributed by atoms with van der Waals surface area (Å²) >= 11 is 0. The third-order valence-corrected chi connectivity index (χ3v) is 5.89. The highest BCUT2D eigenvalue weighted by Gasteiger charge is 2.28. The fraction of sp³-hybridized carbons (Fsp3) is 0.500. The number of amides is 1. The monoisotopic (exact) mass is 485 g/mol. The molecular formula is C28H39NO6. The van der Waals surface area contributed by atoms with Crippen LogP contribution in [0.3, 0.4) is 0 Å². The largest absolute Gasteiger partial charge is 0.497 e. The van der Waals surface area contributed by atoms with Gasteiger partial charge in [0.15, 0.2) is 5.75 Å². The second-order valence-corrected chi connectivity index (χ2v) is 8.46. The Kier molecular flexibility index (Phi) is 11.9. The normalized spacial score (nSPS) is 11.5. The number of unbranched alkanes of at least 4 members (excludes halogenated alkanes) is 4. The maximum Gasteiger partial charge on any atom is 0.318 e. The first kappa shape index (κ1) is 28.0. The molecule has 192 valence electrons. The van der Waals surface area contributed by atoms with Crippen molar-refractivity contribution in [2.75, 3.05) is 26.6 Å². The Bertz CT molecular complexity index is 958. The van der Waals surface area contributed by atoms with Gasteiger partial charge in [0, 0.05) is 12.1 Å². The molecule has 1 amide bonds. The van der Waals surface area contributed by atoms with Crippen LogP contribution in [0.1, 0.15) is 64.4 Å². The van der Waals surface area contributed by atoms with Gasteiger partial charge in [-0.1, -0.05) is 52.0 Å². The Morgan fingerprint density at radius 1 is 0.829 bits per heavy atom. The Hall–Kier alpha value is -3.22. The van der Waals surface area contributed by atoms with Crippen molar-refractivity contribution in [2.45, 2.75) is 65.2 Å². The molecule has 2 aromatic rings. The van der Waals surface area contributed by atoms with Gasteiger partial charge < -0.3 is 24.3 Å². The molecule has 2 rings (SSSR count). The van der Waals surface area contributed by atoms with Crippen LogP contribution >= 0.6 is 0 Å². The molecular weight excluding hydrogens is 446 g/mol. The summed E-state index contributed by atoms with van der Waals surface area (Å²) in [6.07, 6.45) is 7.27. The van der Waals surface area contributed by atoms with Crippen molar-refractivity contribution >= 4 is 17.6 Å². The second kappa shape index (κ2) is 14.9. The van der Waals surface area contributed by atoms with Crippen LogP contribution in [0.4, 0.5) is 5.69 Å². The molecule has 7 nitrogen and oxygen atoms in total. The number of carbonyl (C=O) groups is 2. The molecule has 0 bridgehead atoms. The zero-order valence-electron chi connectivity index (χ0n) is 21.6. The van der Waals surface area contributed by atoms with Crippen LogP contribution in [0.2, 0.25) is 0 Å². The molecule has 1 unspecified atom stereocenters. The fourth-order valence-corrected chi connectivity index (χ4v) is 3.79. The first-order valence-electron chi connectivity index (χ1n) is 12.4. The predicted molar refractivity (Wildman–Crippen MR) is 138 cm³/mol. The molecule has 0 saturated carbocycles. The third kappa shape index (κ3) is 8.50. The summed E-state index contributed by atoms with van der Waals surface area (Å²) in [7, 11) is 4.46. The Balaban J connectivity index is 2.35. The molecule has 0 radical (unpaired) electrons. The van der Waals surface area contributed by atoms with E-state index in [0.717, 1.165) is 50.5 Å². The number of aryl methyl sites for hydroxylation is 1. The molecule has 2 aromatic carbocycles. The summed E-state index contributed by atoms with van der Waals surface area (Å²) in [5.41, 5.74) is 1.47. The van der Waals surface area contributed by atoms with E-state index in [9.17, 15) is 9.59 Å². The molecule has 1 N–H and O–H groups in total. The van der Waals surface area contributed by atoms with E-state index in [1.54, 1.807) is 32.4 Å². The van der Waals surface area contributed by atoms with Crippen LogP contribution in [0.25, 0.3) is 0 Å². The van der Waals surface area contributed by atoms with E-state index in [-0.39, 0.29) is 0 Å². The van der Waals surface area contributed by atoms with E-state index in [2.05, 4.69) is 19.2 Å². The molecule has 0 aliphatic carbocycles. The van der Waals surface area contributed by atoms with Crippen molar-refractivity contribution < 1.29 is 28.5 Å². The van der Waals surface area contributed by atoms with Gasteiger partial charge in [0.1, 0.15) is 23.2 Å². The van der Waals surface area contributed by atoms with Crippen LogP contribution in [-0.2, 0) is 20.7 Å². The van der Waals surface area contributed by atoms with Crippen molar-refractivity contribution in [3.8, 4) is 23.0 Å². The van der Waals surface area contributed by atoms with E-state index < -0.39 is 17.8 Å². The van der Waals surface area contributed by atoms with E-state index in [4.69, 9.17) is 18.9 Å². The Labute approximate surface area is 209 Å². The van der Waals surface area contributed by atoms with Crippen molar-refractivity contribution in [3.05, 3.63) is 42.0 Å². The average Bonchev–Trinajstić information content (AvgIpc) is 2.87. The van der Waals surface area contributed by atoms with Gasteiger partial charge in [-0.3, -0.25) is 9.59 Å². The first-order chi connectivity index (χ1) is 17.0. The lowest BCUT2D eigenvalue weighted by Crippen LogP contribution is -2.30. The molecule has 7 heteroatoms. The molecule has 1 atom stereocenters. The maximum absolute atomic E-state index is 13.1. The fourth-order valence-electron chi connectivity index (χ4n) is 3.79. The number of benzene rings is 2. The van der Waals surface area contributed by atoms with Crippen LogP contribution in [0.5, 0.6) is 23.0 Å². The van der Waals surface area contributed by atoms with Crippen molar-refractivity contribution in [2.24, 2.45) is 5.92 Å². The van der Waals surface area contributed by atoms with E-state index in [0.29, 0.717) is 35.1 Å². The topological polar surface area (TPSA) is 83.1 Å². The van der Waals surface area contributed by atoms with Gasteiger partial charge in [-0.2, -0.15) is 0 Å². The summed E-state index contributed by atoms with van der Waals surface area (Å²) < 4.78 is 22.0. The number of ether oxygens (including phenoxy) is 4. The van der Waals surface area contributed by atoms with Gasteiger partial charge in [-0.05, 0) is 43.0 Å². The lowest BCUT2D eigenvalue weighted by molar-refractivity contribution is -0.149. The standard InChI is InChI=1S/C28H39NO6/c1-6-8-10-12-20-14-15-22(33-4)19-26(20)35-25-17-16-21(32-3)18-24(25)29-27(30)23(28(31)34-5)13-11-9-7-2/h14-19,23H,6-13H2,1-5H3,(H,29,30). The lowest BCUT2D eigenvalue weighted by atomic mass is 10.00. The summed E-state index contributed by atoms with van der Waals surface area (Å²) in [6.45, 7) is 4.24. The van der Waals surface area contributed by atoms with Crippen LogP contribution < -0.4 is 19.5 Å². The zero-order valence-corrected chi connectivity index (χ0v) is 21.6. The van der Waals surface area contributed by atoms with Crippen LogP contribution in [-0.4, -0.2) is 33.2 Å². The number of esters is 1. The Morgan fingerprint density at radius 3 is 2.14 bits per heavy atom. The van der Waals surface area contributed by atoms with Gasteiger partial charge in [-0.15, -0.1) is 0 Å². The number of anilines is 1. The summed E-state index contributed by atoms with van der Waals surface area (Å²) in [6, 6.07) is 11.0. The highest BCUT2D eigenvalue weighted by atomic mass is 16.5. The molecule has 0 aliphatic rings. The smallest absolute Gasteiger partial charge is 0.318 e. The van der Waals surface area contributed by atoms with Crippen molar-refractivity contribution in [1.29, 1.82) is 0 Å². The zero-order chi connectivity index (χ0) is 25.6. The maximum atomic E-state index is 13.1. The third-order valence-electron chi connectivity index (χ3n) is 5.89. The van der Waals surface area contributed by atoms with Crippen molar-refractivity contribution in [1.82, 2.24) is 0 Å². The molecule has 0 spiro atoms. The number of hydrogen-bond acceptors (Lipinski definition) is 6. The highest BCUT2D eigenvalue weighted by molar-refractivity contribution is 6.05. The van der Waals surface area contributed by atoms with Crippen LogP contribution in [0, 0.1) is 5.92 Å². The minimum absolute atomic E-state index is 0.418. The number of hydrogen-bond donors (Lipinski definition) is 1. The average molecular weight is 486 g/mol. The predicted octanol–water partition coefficient (Wildman–Crippen LogP) is 6.54. The number of methoxy groups -OCH3 is 3. The van der Waals surface area contributed by atoms with Gasteiger partial charge >= 0.3 is 5.97 Å². The number of carbonyl (C=O) groups excluding carboxylic acids is 2. The number of nitrogens with one attached hydrogen (secondary N) is 1. The van der Waals surface area contributed by atoms with Crippen LogP contribution in [0.15, 0.2) is 36.4 Å². The molecule has 0 fully saturated rings. The van der Waals surface area contributed by atoms with E-state index in [1.807, 2.05) is 18.2 Å². The molecule has 0 saturated heterocycles. The summed E-state index contributed by atoms with van der Waals surface area (Å²) in [5, 5.41) is 2.87. The Morgan fingerprint density at radius 2 is 1.49 bits per heavy atom. The SMILES string of the molecule is CCCCCc1ccc(OC)cc1Oc1ccc(OC)cc1NC(=O)C(CCCCC)C(=O)OC. The minimum Gasteiger partial charge on any atom is -0.497 e. The van der Waals surface area contributed by atoms with E-state index >= 15 is 0 Å². The van der Waals surface area contributed by atoms with Gasteiger partial charge in [0.05, 0.1) is 27.0 Å². The van der Waals surface area contributed by atoms with Gasteiger partial charge in [0.25, 0.3) is 0 Å². The minimum atomic E-state index is -0.896. The molecule has 0 aliphatic heterocycles. The van der Waals surface area contributed by atoms with E-state index in [1.165, 1.54) is 7.11 Å². The number of rotatable bonds is 15. The quantitative estimate of drug-likeness (QED) is 0.175. The highest BCUT2D eigenvalue weighted by Crippen LogP contribution is 2.37. The molecule has 0 heterocycles. The van der Waals surface area contributed by atoms with Gasteiger partial charge in [0.2, 0.25) is 5.91 Å². The summed E-state index contributed by atoms with van der Waals surface area (Å²) in [4.78, 5) is 25.4. The van der Waals surface area contributed by atoms with Gasteiger partial charge in [-0.25, -0.2) is 0 Å². The molecule has 0 aromatic heterocycles. The molecule has 35 heavy (non-hydrogen) atoms. The van der Waals surface area contributed by atoms with Crippen molar-refractivity contribution in [3.63, 3.8) is 0 Å².